The molecule has 4 heterocycles. The van der Waals surface area contributed by atoms with Crippen molar-refractivity contribution in [3.05, 3.63) is 36.3 Å². The lowest BCUT2D eigenvalue weighted by Gasteiger charge is -2.44. The molecule has 1 fully saturated rings. The summed E-state index contributed by atoms with van der Waals surface area (Å²) in [6, 6.07) is 8.05. The highest BCUT2D eigenvalue weighted by Crippen LogP contribution is 2.35. The van der Waals surface area contributed by atoms with E-state index >= 15 is 0 Å². The Labute approximate surface area is 156 Å². The number of ether oxygens (including phenoxy) is 1. The first-order chi connectivity index (χ1) is 13.1. The van der Waals surface area contributed by atoms with Gasteiger partial charge in [-0.05, 0) is 19.1 Å². The van der Waals surface area contributed by atoms with Crippen LogP contribution >= 0.6 is 0 Å². The van der Waals surface area contributed by atoms with Crippen molar-refractivity contribution in [1.82, 2.24) is 19.5 Å². The first-order valence-corrected chi connectivity index (χ1v) is 9.07. The molecule has 2 aliphatic rings. The Morgan fingerprint density at radius 3 is 2.96 bits per heavy atom. The fourth-order valence-corrected chi connectivity index (χ4v) is 3.96. The van der Waals surface area contributed by atoms with Gasteiger partial charge in [-0.15, -0.1) is 0 Å². The van der Waals surface area contributed by atoms with Crippen molar-refractivity contribution >= 4 is 28.4 Å². The SMILES string of the molecule is CC(=O)N1CC2COCCN2c2nc(-n3c(C)nc4ccccc43)ncc21. The smallest absolute Gasteiger partial charge is 0.237 e. The molecule has 8 heteroatoms. The number of fused-ring (bicyclic) bond motifs is 4. The summed E-state index contributed by atoms with van der Waals surface area (Å²) in [6.07, 6.45) is 1.75. The van der Waals surface area contributed by atoms with Gasteiger partial charge in [0.2, 0.25) is 11.9 Å². The normalized spacial score (nSPS) is 19.1. The monoisotopic (exact) mass is 364 g/mol. The number of aryl methyl sites for hydroxylation is 1. The van der Waals surface area contributed by atoms with Gasteiger partial charge in [0.1, 0.15) is 11.5 Å². The highest BCUT2D eigenvalue weighted by molar-refractivity contribution is 5.95. The zero-order chi connectivity index (χ0) is 18.5. The van der Waals surface area contributed by atoms with Crippen molar-refractivity contribution in [1.29, 1.82) is 0 Å². The number of nitrogens with zero attached hydrogens (tertiary/aromatic N) is 6. The number of benzene rings is 1. The third kappa shape index (κ3) is 2.48. The molecule has 3 aromatic rings. The average Bonchev–Trinajstić information content (AvgIpc) is 3.02. The van der Waals surface area contributed by atoms with Crippen molar-refractivity contribution < 1.29 is 9.53 Å². The van der Waals surface area contributed by atoms with Crippen molar-refractivity contribution in [2.75, 3.05) is 36.1 Å². The molecule has 5 rings (SSSR count). The van der Waals surface area contributed by atoms with Crippen molar-refractivity contribution in [2.24, 2.45) is 0 Å². The van der Waals surface area contributed by atoms with E-state index in [9.17, 15) is 4.79 Å². The van der Waals surface area contributed by atoms with E-state index in [0.717, 1.165) is 34.9 Å². The highest BCUT2D eigenvalue weighted by Gasteiger charge is 2.36. The summed E-state index contributed by atoms with van der Waals surface area (Å²) in [6.45, 7) is 6.12. The number of amides is 1. The third-order valence-electron chi connectivity index (χ3n) is 5.23. The molecule has 2 aromatic heterocycles. The van der Waals surface area contributed by atoms with Gasteiger partial charge < -0.3 is 14.5 Å². The predicted octanol–water partition coefficient (Wildman–Crippen LogP) is 1.70. The molecule has 27 heavy (non-hydrogen) atoms. The van der Waals surface area contributed by atoms with Crippen LogP contribution in [0.5, 0.6) is 0 Å². The second-order valence-corrected chi connectivity index (χ2v) is 6.91. The van der Waals surface area contributed by atoms with Gasteiger partial charge in [0.25, 0.3) is 0 Å². The van der Waals surface area contributed by atoms with Crippen LogP contribution in [0.15, 0.2) is 30.5 Å². The van der Waals surface area contributed by atoms with Crippen molar-refractivity contribution in [3.63, 3.8) is 0 Å². The van der Waals surface area contributed by atoms with Gasteiger partial charge >= 0.3 is 0 Å². The highest BCUT2D eigenvalue weighted by atomic mass is 16.5. The molecular formula is C19H20N6O2. The zero-order valence-corrected chi connectivity index (χ0v) is 15.3. The Balaban J connectivity index is 1.69. The number of imidazole rings is 1. The topological polar surface area (TPSA) is 76.4 Å². The number of rotatable bonds is 1. The van der Waals surface area contributed by atoms with E-state index in [2.05, 4.69) is 14.9 Å². The van der Waals surface area contributed by atoms with E-state index in [1.54, 1.807) is 18.0 Å². The molecule has 1 saturated heterocycles. The lowest BCUT2D eigenvalue weighted by atomic mass is 10.1. The molecule has 1 unspecified atom stereocenters. The second-order valence-electron chi connectivity index (χ2n) is 6.91. The zero-order valence-electron chi connectivity index (χ0n) is 15.3. The number of carbonyl (C=O) groups excluding carboxylic acids is 1. The standard InChI is InChI=1S/C19H20N6O2/c1-12-21-15-5-3-4-6-16(15)25(12)19-20-9-17-18(22-19)23-7-8-27-11-14(23)10-24(17)13(2)26/h3-6,9,14H,7-8,10-11H2,1-2H3. The number of para-hydroxylation sites is 2. The molecule has 0 aliphatic carbocycles. The Kier molecular flexibility index (Phi) is 3.61. The minimum Gasteiger partial charge on any atom is -0.377 e. The quantitative estimate of drug-likeness (QED) is 0.654. The summed E-state index contributed by atoms with van der Waals surface area (Å²) in [5, 5.41) is 0. The molecular weight excluding hydrogens is 344 g/mol. The Morgan fingerprint density at radius 2 is 2.11 bits per heavy atom. The number of anilines is 2. The molecule has 1 atom stereocenters. The molecule has 1 amide bonds. The first kappa shape index (κ1) is 16.2. The van der Waals surface area contributed by atoms with Gasteiger partial charge in [-0.2, -0.15) is 4.98 Å². The van der Waals surface area contributed by atoms with Crippen LogP contribution in [0.4, 0.5) is 11.5 Å². The molecule has 0 radical (unpaired) electrons. The van der Waals surface area contributed by atoms with Crippen molar-refractivity contribution in [3.8, 4) is 5.95 Å². The predicted molar refractivity (Wildman–Crippen MR) is 101 cm³/mol. The van der Waals surface area contributed by atoms with Gasteiger partial charge in [0, 0.05) is 20.0 Å². The van der Waals surface area contributed by atoms with Crippen LogP contribution in [0.1, 0.15) is 12.7 Å². The minimum absolute atomic E-state index is 0.0120. The number of hydrogen-bond donors (Lipinski definition) is 0. The van der Waals surface area contributed by atoms with E-state index in [4.69, 9.17) is 9.72 Å². The van der Waals surface area contributed by atoms with Crippen molar-refractivity contribution in [2.45, 2.75) is 19.9 Å². The lowest BCUT2D eigenvalue weighted by molar-refractivity contribution is -0.116. The molecule has 2 aliphatic heterocycles. The maximum atomic E-state index is 12.2. The van der Waals surface area contributed by atoms with Crippen LogP contribution in [-0.2, 0) is 9.53 Å². The van der Waals surface area contributed by atoms with E-state index in [1.165, 1.54) is 0 Å². The van der Waals surface area contributed by atoms with Gasteiger partial charge in [0.15, 0.2) is 5.82 Å². The molecule has 1 aromatic carbocycles. The first-order valence-electron chi connectivity index (χ1n) is 9.07. The maximum absolute atomic E-state index is 12.2. The maximum Gasteiger partial charge on any atom is 0.237 e. The molecule has 138 valence electrons. The fraction of sp³-hybridized carbons (Fsp3) is 0.368. The molecule has 0 N–H and O–H groups in total. The number of morpholine rings is 1. The van der Waals surface area contributed by atoms with Gasteiger partial charge in [-0.3, -0.25) is 9.36 Å². The summed E-state index contributed by atoms with van der Waals surface area (Å²) in [5.74, 6) is 2.17. The van der Waals surface area contributed by atoms with Crippen LogP contribution in [-0.4, -0.2) is 57.8 Å². The largest absolute Gasteiger partial charge is 0.377 e. The number of hydrogen-bond acceptors (Lipinski definition) is 6. The third-order valence-corrected chi connectivity index (χ3v) is 5.23. The van der Waals surface area contributed by atoms with Gasteiger partial charge in [-0.25, -0.2) is 9.97 Å². The molecule has 8 nitrogen and oxygen atoms in total. The summed E-state index contributed by atoms with van der Waals surface area (Å²) in [7, 11) is 0. The second kappa shape index (κ2) is 6.02. The van der Waals surface area contributed by atoms with Gasteiger partial charge in [0.05, 0.1) is 36.5 Å². The number of aromatic nitrogens is 4. The average molecular weight is 364 g/mol. The van der Waals surface area contributed by atoms with Gasteiger partial charge in [-0.1, -0.05) is 12.1 Å². The summed E-state index contributed by atoms with van der Waals surface area (Å²) in [5.41, 5.74) is 2.63. The van der Waals surface area contributed by atoms with E-state index in [0.29, 0.717) is 25.7 Å². The van der Waals surface area contributed by atoms with Crippen LogP contribution < -0.4 is 9.80 Å². The number of carbonyl (C=O) groups is 1. The Hall–Kier alpha value is -3.00. The molecule has 0 spiro atoms. The van der Waals surface area contributed by atoms with Crippen LogP contribution in [0, 0.1) is 6.92 Å². The van der Waals surface area contributed by atoms with Crippen LogP contribution in [0.2, 0.25) is 0 Å². The van der Waals surface area contributed by atoms with Crippen LogP contribution in [0.25, 0.3) is 17.0 Å². The Morgan fingerprint density at radius 1 is 1.26 bits per heavy atom. The summed E-state index contributed by atoms with van der Waals surface area (Å²) < 4.78 is 7.58. The van der Waals surface area contributed by atoms with E-state index < -0.39 is 0 Å². The van der Waals surface area contributed by atoms with E-state index in [-0.39, 0.29) is 11.9 Å². The summed E-state index contributed by atoms with van der Waals surface area (Å²) >= 11 is 0. The van der Waals surface area contributed by atoms with E-state index in [1.807, 2.05) is 35.8 Å². The minimum atomic E-state index is -0.0120. The lowest BCUT2D eigenvalue weighted by Crippen LogP contribution is -2.56. The fourth-order valence-electron chi connectivity index (χ4n) is 3.96. The molecule has 0 saturated carbocycles. The van der Waals surface area contributed by atoms with Crippen LogP contribution in [0.3, 0.4) is 0 Å². The Bertz CT molecular complexity index is 1050. The summed E-state index contributed by atoms with van der Waals surface area (Å²) in [4.78, 5) is 30.2. The molecule has 0 bridgehead atoms.